The molecule has 2 heteroatoms. The molecule has 0 N–H and O–H groups in total. The average molecular weight is 205 g/mol. The molecule has 0 aliphatic rings. The third kappa shape index (κ3) is 5.78. The lowest BCUT2D eigenvalue weighted by Gasteiger charge is -1.99. The quantitative estimate of drug-likeness (QED) is 0.755. The molecule has 1 rings (SSSR count). The molecule has 0 amide bonds. The summed E-state index contributed by atoms with van der Waals surface area (Å²) in [4.78, 5) is 15.0. The summed E-state index contributed by atoms with van der Waals surface area (Å²) < 4.78 is 0. The van der Waals surface area contributed by atoms with Gasteiger partial charge in [-0.15, -0.1) is 0 Å². The van der Waals surface area contributed by atoms with Gasteiger partial charge >= 0.3 is 0 Å². The Morgan fingerprint density at radius 1 is 1.47 bits per heavy atom. The highest BCUT2D eigenvalue weighted by Gasteiger charge is 1.97. The second-order valence-corrected chi connectivity index (χ2v) is 2.96. The van der Waals surface area contributed by atoms with Gasteiger partial charge in [-0.3, -0.25) is 4.98 Å². The normalized spacial score (nSPS) is 8.73. The van der Waals surface area contributed by atoms with E-state index < -0.39 is 0 Å². The molecular formula is C13H19NO. The van der Waals surface area contributed by atoms with Crippen LogP contribution in [0, 0.1) is 0 Å². The predicted molar refractivity (Wildman–Crippen MR) is 64.7 cm³/mol. The molecule has 0 atom stereocenters. The minimum atomic E-state index is 0.200. The first-order chi connectivity index (χ1) is 7.22. The molecule has 0 aromatic carbocycles. The summed E-state index contributed by atoms with van der Waals surface area (Å²) in [5.41, 5.74) is 1.81. The Morgan fingerprint density at radius 2 is 2.13 bits per heavy atom. The fraction of sp³-hybridized carbons (Fsp3) is 0.385. The number of nitrogens with zero attached hydrogens (tertiary/aromatic N) is 1. The van der Waals surface area contributed by atoms with E-state index in [9.17, 15) is 4.79 Å². The number of aromatic nitrogens is 1. The van der Waals surface area contributed by atoms with Crippen molar-refractivity contribution in [1.82, 2.24) is 4.98 Å². The lowest BCUT2D eigenvalue weighted by Crippen LogP contribution is -1.97. The van der Waals surface area contributed by atoms with Gasteiger partial charge < -0.3 is 4.79 Å². The molecule has 0 spiro atoms. The van der Waals surface area contributed by atoms with E-state index in [1.807, 2.05) is 32.0 Å². The van der Waals surface area contributed by atoms with Crippen molar-refractivity contribution < 1.29 is 4.79 Å². The second kappa shape index (κ2) is 7.92. The Labute approximate surface area is 92.0 Å². The van der Waals surface area contributed by atoms with E-state index in [2.05, 4.69) is 11.6 Å². The summed E-state index contributed by atoms with van der Waals surface area (Å²) in [5, 5.41) is 0. The van der Waals surface area contributed by atoms with Gasteiger partial charge in [0.2, 0.25) is 0 Å². The minimum Gasteiger partial charge on any atom is -0.300 e. The van der Waals surface area contributed by atoms with E-state index in [1.165, 1.54) is 0 Å². The van der Waals surface area contributed by atoms with Crippen LogP contribution in [-0.2, 0) is 11.2 Å². The zero-order valence-corrected chi connectivity index (χ0v) is 9.79. The zero-order chi connectivity index (χ0) is 11.7. The standard InChI is InChI=1S/C11H13NO.C2H6/c1-3-10-5-4-6-11(12-10)8-7-9(2)13;1-2/h3-6H,1,7-8H2,2H3;1-2H3. The van der Waals surface area contributed by atoms with Crippen LogP contribution in [0.1, 0.15) is 38.6 Å². The summed E-state index contributed by atoms with van der Waals surface area (Å²) in [6, 6.07) is 5.75. The Hall–Kier alpha value is -1.44. The summed E-state index contributed by atoms with van der Waals surface area (Å²) >= 11 is 0. The fourth-order valence-electron chi connectivity index (χ4n) is 1.06. The number of rotatable bonds is 4. The molecule has 0 radical (unpaired) electrons. The van der Waals surface area contributed by atoms with E-state index in [4.69, 9.17) is 0 Å². The van der Waals surface area contributed by atoms with E-state index in [-0.39, 0.29) is 5.78 Å². The van der Waals surface area contributed by atoms with Gasteiger partial charge in [-0.05, 0) is 31.6 Å². The van der Waals surface area contributed by atoms with Crippen molar-refractivity contribution in [1.29, 1.82) is 0 Å². The van der Waals surface area contributed by atoms with E-state index in [0.717, 1.165) is 17.8 Å². The van der Waals surface area contributed by atoms with Gasteiger partial charge in [-0.1, -0.05) is 26.5 Å². The van der Waals surface area contributed by atoms with E-state index in [1.54, 1.807) is 13.0 Å². The van der Waals surface area contributed by atoms with Crippen molar-refractivity contribution in [2.45, 2.75) is 33.6 Å². The summed E-state index contributed by atoms with van der Waals surface area (Å²) in [5.74, 6) is 0.200. The van der Waals surface area contributed by atoms with Crippen molar-refractivity contribution in [2.75, 3.05) is 0 Å². The van der Waals surface area contributed by atoms with Gasteiger partial charge in [0.25, 0.3) is 0 Å². The molecule has 0 saturated heterocycles. The first kappa shape index (κ1) is 13.6. The maximum absolute atomic E-state index is 10.7. The second-order valence-electron chi connectivity index (χ2n) is 2.96. The van der Waals surface area contributed by atoms with Crippen molar-refractivity contribution in [2.24, 2.45) is 0 Å². The largest absolute Gasteiger partial charge is 0.300 e. The van der Waals surface area contributed by atoms with Gasteiger partial charge in [0.15, 0.2) is 0 Å². The Balaban J connectivity index is 0.000000921. The Bertz CT molecular complexity index is 318. The van der Waals surface area contributed by atoms with Gasteiger partial charge in [0, 0.05) is 12.1 Å². The molecule has 0 aliphatic carbocycles. The van der Waals surface area contributed by atoms with Crippen LogP contribution in [0.25, 0.3) is 6.08 Å². The van der Waals surface area contributed by atoms with Crippen molar-refractivity contribution in [3.63, 3.8) is 0 Å². The first-order valence-electron chi connectivity index (χ1n) is 5.30. The third-order valence-corrected chi connectivity index (χ3v) is 1.77. The molecule has 1 aromatic rings. The summed E-state index contributed by atoms with van der Waals surface area (Å²) in [6.45, 7) is 9.23. The molecule has 15 heavy (non-hydrogen) atoms. The van der Waals surface area contributed by atoms with Crippen LogP contribution in [0.5, 0.6) is 0 Å². The minimum absolute atomic E-state index is 0.200. The maximum Gasteiger partial charge on any atom is 0.130 e. The van der Waals surface area contributed by atoms with Crippen LogP contribution >= 0.6 is 0 Å². The van der Waals surface area contributed by atoms with Crippen LogP contribution in [0.3, 0.4) is 0 Å². The molecule has 82 valence electrons. The monoisotopic (exact) mass is 205 g/mol. The molecule has 2 nitrogen and oxygen atoms in total. The van der Waals surface area contributed by atoms with Crippen molar-refractivity contribution in [3.05, 3.63) is 36.2 Å². The number of hydrogen-bond donors (Lipinski definition) is 0. The van der Waals surface area contributed by atoms with Gasteiger partial charge in [0.1, 0.15) is 5.78 Å². The number of carbonyl (C=O) groups excluding carboxylic acids is 1. The molecular weight excluding hydrogens is 186 g/mol. The van der Waals surface area contributed by atoms with Gasteiger partial charge in [-0.2, -0.15) is 0 Å². The number of carbonyl (C=O) groups is 1. The lowest BCUT2D eigenvalue weighted by molar-refractivity contribution is -0.116. The number of ketones is 1. The molecule has 0 unspecified atom stereocenters. The fourth-order valence-corrected chi connectivity index (χ4v) is 1.06. The highest BCUT2D eigenvalue weighted by atomic mass is 16.1. The van der Waals surface area contributed by atoms with E-state index >= 15 is 0 Å². The van der Waals surface area contributed by atoms with Crippen LogP contribution < -0.4 is 0 Å². The average Bonchev–Trinajstić information content (AvgIpc) is 2.29. The molecule has 1 heterocycles. The Kier molecular flexibility index (Phi) is 7.16. The number of aryl methyl sites for hydroxylation is 1. The van der Waals surface area contributed by atoms with Crippen LogP contribution in [0.4, 0.5) is 0 Å². The molecule has 0 fully saturated rings. The van der Waals surface area contributed by atoms with E-state index in [0.29, 0.717) is 6.42 Å². The highest BCUT2D eigenvalue weighted by molar-refractivity contribution is 5.75. The predicted octanol–water partition coefficient (Wildman–Crippen LogP) is 3.27. The smallest absolute Gasteiger partial charge is 0.130 e. The number of hydrogen-bond acceptors (Lipinski definition) is 2. The SMILES string of the molecule is C=Cc1cccc(CCC(C)=O)n1.CC. The number of Topliss-reactive ketones (excluding diaryl/α,β-unsaturated/α-hetero) is 1. The van der Waals surface area contributed by atoms with Gasteiger partial charge in [0.05, 0.1) is 5.69 Å². The topological polar surface area (TPSA) is 30.0 Å². The van der Waals surface area contributed by atoms with Crippen molar-refractivity contribution in [3.8, 4) is 0 Å². The van der Waals surface area contributed by atoms with Crippen LogP contribution in [-0.4, -0.2) is 10.8 Å². The maximum atomic E-state index is 10.7. The molecule has 1 aromatic heterocycles. The summed E-state index contributed by atoms with van der Waals surface area (Å²) in [7, 11) is 0. The number of pyridine rings is 1. The van der Waals surface area contributed by atoms with Crippen LogP contribution in [0.15, 0.2) is 24.8 Å². The Morgan fingerprint density at radius 3 is 2.67 bits per heavy atom. The zero-order valence-electron chi connectivity index (χ0n) is 9.79. The van der Waals surface area contributed by atoms with Crippen molar-refractivity contribution >= 4 is 11.9 Å². The molecule has 0 saturated carbocycles. The lowest BCUT2D eigenvalue weighted by atomic mass is 10.1. The third-order valence-electron chi connectivity index (χ3n) is 1.77. The summed E-state index contributed by atoms with van der Waals surface area (Å²) in [6.07, 6.45) is 2.99. The van der Waals surface area contributed by atoms with Gasteiger partial charge in [-0.25, -0.2) is 0 Å². The highest BCUT2D eigenvalue weighted by Crippen LogP contribution is 2.03. The first-order valence-corrected chi connectivity index (χ1v) is 5.30. The molecule has 0 aliphatic heterocycles. The molecule has 0 bridgehead atoms. The van der Waals surface area contributed by atoms with Crippen LogP contribution in [0.2, 0.25) is 0 Å².